The van der Waals surface area contributed by atoms with Crippen molar-refractivity contribution in [2.75, 3.05) is 0 Å². The molecule has 3 aromatic rings. The smallest absolute Gasteiger partial charge is 0.0767 e. The highest BCUT2D eigenvalue weighted by Crippen LogP contribution is 2.25. The van der Waals surface area contributed by atoms with Crippen LogP contribution in [-0.2, 0) is 26.6 Å². The summed E-state index contributed by atoms with van der Waals surface area (Å²) >= 11 is 3.68. The van der Waals surface area contributed by atoms with Gasteiger partial charge in [-0.05, 0) is 45.4 Å². The van der Waals surface area contributed by atoms with Crippen molar-refractivity contribution in [3.05, 3.63) is 51.9 Å². The molecule has 0 saturated carbocycles. The van der Waals surface area contributed by atoms with Crippen molar-refractivity contribution in [2.24, 2.45) is 12.8 Å². The molecule has 0 atom stereocenters. The Kier molecular flexibility index (Phi) is 3.87. The van der Waals surface area contributed by atoms with E-state index >= 15 is 0 Å². The summed E-state index contributed by atoms with van der Waals surface area (Å²) in [5.74, 6) is 0. The van der Waals surface area contributed by atoms with Gasteiger partial charge in [-0.1, -0.05) is 19.1 Å². The minimum atomic E-state index is 0.566. The molecule has 0 aliphatic carbocycles. The van der Waals surface area contributed by atoms with Crippen molar-refractivity contribution in [2.45, 2.75) is 26.4 Å². The fourth-order valence-corrected chi connectivity index (χ4v) is 3.39. The summed E-state index contributed by atoms with van der Waals surface area (Å²) in [6.45, 7) is 3.48. The molecule has 110 valence electrons. The highest BCUT2D eigenvalue weighted by Gasteiger charge is 2.13. The van der Waals surface area contributed by atoms with Crippen LogP contribution in [0.2, 0.25) is 0 Å². The third-order valence-electron chi connectivity index (χ3n) is 3.90. The Morgan fingerprint density at radius 3 is 2.76 bits per heavy atom. The topological polar surface area (TPSA) is 48.8 Å². The molecule has 0 radical (unpaired) electrons. The third-order valence-corrected chi connectivity index (χ3v) is 4.81. The first kappa shape index (κ1) is 14.4. The van der Waals surface area contributed by atoms with Crippen LogP contribution in [0.25, 0.3) is 10.9 Å². The first-order valence-electron chi connectivity index (χ1n) is 7.12. The Morgan fingerprint density at radius 1 is 1.29 bits per heavy atom. The maximum atomic E-state index is 5.75. The maximum absolute atomic E-state index is 5.75. The lowest BCUT2D eigenvalue weighted by Gasteiger charge is -2.08. The average Bonchev–Trinajstić information content (AvgIpc) is 3.02. The van der Waals surface area contributed by atoms with E-state index in [0.717, 1.165) is 28.7 Å². The van der Waals surface area contributed by atoms with E-state index in [1.807, 2.05) is 11.7 Å². The first-order chi connectivity index (χ1) is 10.1. The molecule has 0 bridgehead atoms. The molecule has 5 heteroatoms. The second kappa shape index (κ2) is 5.66. The van der Waals surface area contributed by atoms with Crippen LogP contribution >= 0.6 is 15.9 Å². The summed E-state index contributed by atoms with van der Waals surface area (Å²) in [6, 6.07) is 8.52. The molecular weight excluding hydrogens is 328 g/mol. The zero-order chi connectivity index (χ0) is 15.0. The SMILES string of the molecule is CCc1nn(C)c(Cn2ccc3ccc(CN)cc32)c1Br. The van der Waals surface area contributed by atoms with Crippen LogP contribution in [0.5, 0.6) is 0 Å². The zero-order valence-corrected chi connectivity index (χ0v) is 13.9. The van der Waals surface area contributed by atoms with Gasteiger partial charge in [-0.25, -0.2) is 0 Å². The number of rotatable bonds is 4. The second-order valence-corrected chi connectivity index (χ2v) is 6.02. The fraction of sp³-hybridized carbons (Fsp3) is 0.312. The lowest BCUT2D eigenvalue weighted by molar-refractivity contribution is 0.668. The van der Waals surface area contributed by atoms with Crippen molar-refractivity contribution in [3.63, 3.8) is 0 Å². The molecule has 0 fully saturated rings. The highest BCUT2D eigenvalue weighted by molar-refractivity contribution is 9.10. The molecule has 0 aliphatic heterocycles. The largest absolute Gasteiger partial charge is 0.341 e. The first-order valence-corrected chi connectivity index (χ1v) is 7.91. The van der Waals surface area contributed by atoms with E-state index < -0.39 is 0 Å². The van der Waals surface area contributed by atoms with Gasteiger partial charge < -0.3 is 10.3 Å². The van der Waals surface area contributed by atoms with Gasteiger partial charge >= 0.3 is 0 Å². The number of nitrogens with zero attached hydrogens (tertiary/aromatic N) is 3. The zero-order valence-electron chi connectivity index (χ0n) is 12.3. The summed E-state index contributed by atoms with van der Waals surface area (Å²) in [5.41, 5.74) is 10.4. The van der Waals surface area contributed by atoms with Crippen LogP contribution < -0.4 is 5.73 Å². The molecular formula is C16H19BrN4. The minimum absolute atomic E-state index is 0.566. The van der Waals surface area contributed by atoms with Gasteiger partial charge in [0.05, 0.1) is 22.4 Å². The van der Waals surface area contributed by atoms with E-state index in [0.29, 0.717) is 6.54 Å². The Hall–Kier alpha value is -1.59. The molecule has 3 rings (SSSR count). The third kappa shape index (κ3) is 2.51. The number of hydrogen-bond donors (Lipinski definition) is 1. The van der Waals surface area contributed by atoms with Gasteiger partial charge in [0.1, 0.15) is 0 Å². The van der Waals surface area contributed by atoms with E-state index in [2.05, 4.69) is 63.0 Å². The number of nitrogens with two attached hydrogens (primary N) is 1. The summed E-state index contributed by atoms with van der Waals surface area (Å²) < 4.78 is 5.32. The predicted molar refractivity (Wildman–Crippen MR) is 89.2 cm³/mol. The van der Waals surface area contributed by atoms with E-state index in [1.54, 1.807) is 0 Å². The quantitative estimate of drug-likeness (QED) is 0.788. The Morgan fingerprint density at radius 2 is 2.10 bits per heavy atom. The summed E-state index contributed by atoms with van der Waals surface area (Å²) in [5, 5.41) is 5.80. The van der Waals surface area contributed by atoms with E-state index in [-0.39, 0.29) is 0 Å². The van der Waals surface area contributed by atoms with Gasteiger partial charge in [-0.3, -0.25) is 4.68 Å². The van der Waals surface area contributed by atoms with Gasteiger partial charge in [-0.2, -0.15) is 5.10 Å². The lowest BCUT2D eigenvalue weighted by atomic mass is 10.1. The molecule has 1 aromatic carbocycles. The number of halogens is 1. The summed E-state index contributed by atoms with van der Waals surface area (Å²) in [4.78, 5) is 0. The fourth-order valence-electron chi connectivity index (χ4n) is 2.65. The second-order valence-electron chi connectivity index (χ2n) is 5.23. The molecule has 2 heterocycles. The molecule has 21 heavy (non-hydrogen) atoms. The van der Waals surface area contributed by atoms with Crippen LogP contribution in [0.3, 0.4) is 0 Å². The summed E-state index contributed by atoms with van der Waals surface area (Å²) in [6.07, 6.45) is 3.05. The van der Waals surface area contributed by atoms with Crippen molar-refractivity contribution in [3.8, 4) is 0 Å². The summed E-state index contributed by atoms with van der Waals surface area (Å²) in [7, 11) is 2.00. The highest BCUT2D eigenvalue weighted by atomic mass is 79.9. The molecule has 2 N–H and O–H groups in total. The van der Waals surface area contributed by atoms with Gasteiger partial charge in [0.2, 0.25) is 0 Å². The van der Waals surface area contributed by atoms with Gasteiger partial charge in [-0.15, -0.1) is 0 Å². The van der Waals surface area contributed by atoms with Crippen molar-refractivity contribution >= 4 is 26.8 Å². The van der Waals surface area contributed by atoms with Crippen LogP contribution in [0.15, 0.2) is 34.9 Å². The maximum Gasteiger partial charge on any atom is 0.0767 e. The number of aromatic nitrogens is 3. The van der Waals surface area contributed by atoms with Gasteiger partial charge in [0.15, 0.2) is 0 Å². The van der Waals surface area contributed by atoms with E-state index in [4.69, 9.17) is 5.73 Å². The predicted octanol–water partition coefficient (Wildman–Crippen LogP) is 3.21. The molecule has 0 spiro atoms. The van der Waals surface area contributed by atoms with E-state index in [9.17, 15) is 0 Å². The van der Waals surface area contributed by atoms with Gasteiger partial charge in [0, 0.05) is 25.3 Å². The molecule has 0 amide bonds. The van der Waals surface area contributed by atoms with Crippen molar-refractivity contribution in [1.82, 2.24) is 14.3 Å². The van der Waals surface area contributed by atoms with Crippen molar-refractivity contribution in [1.29, 1.82) is 0 Å². The van der Waals surface area contributed by atoms with Crippen molar-refractivity contribution < 1.29 is 0 Å². The number of fused-ring (bicyclic) bond motifs is 1. The number of aryl methyl sites for hydroxylation is 2. The average molecular weight is 347 g/mol. The molecule has 0 aliphatic rings. The Balaban J connectivity index is 2.04. The monoisotopic (exact) mass is 346 g/mol. The number of hydrogen-bond acceptors (Lipinski definition) is 2. The molecule has 4 nitrogen and oxygen atoms in total. The molecule has 0 saturated heterocycles. The molecule has 0 unspecified atom stereocenters. The minimum Gasteiger partial charge on any atom is -0.341 e. The van der Waals surface area contributed by atoms with Gasteiger partial charge in [0.25, 0.3) is 0 Å². The Bertz CT molecular complexity index is 785. The van der Waals surface area contributed by atoms with Crippen LogP contribution in [0.1, 0.15) is 23.9 Å². The number of benzene rings is 1. The molecule has 2 aromatic heterocycles. The van der Waals surface area contributed by atoms with Crippen LogP contribution in [0.4, 0.5) is 0 Å². The Labute approximate surface area is 132 Å². The normalized spacial score (nSPS) is 11.4. The van der Waals surface area contributed by atoms with Crippen LogP contribution in [-0.4, -0.2) is 14.3 Å². The van der Waals surface area contributed by atoms with E-state index in [1.165, 1.54) is 16.6 Å². The van der Waals surface area contributed by atoms with Crippen LogP contribution in [0, 0.1) is 0 Å². The standard InChI is InChI=1S/C16H19BrN4/c1-3-13-16(17)15(20(2)19-13)10-21-7-6-12-5-4-11(9-18)8-14(12)21/h4-8H,3,9-10,18H2,1-2H3. The lowest BCUT2D eigenvalue weighted by Crippen LogP contribution is -2.05.